The minimum Gasteiger partial charge on any atom is -0.539 e. The Morgan fingerprint density at radius 2 is 2.18 bits per heavy atom. The van der Waals surface area contributed by atoms with Crippen molar-refractivity contribution >= 4 is 17.5 Å². The van der Waals surface area contributed by atoms with E-state index in [2.05, 4.69) is 14.8 Å². The van der Waals surface area contributed by atoms with Gasteiger partial charge in [-0.15, -0.1) is 0 Å². The average Bonchev–Trinajstić information content (AvgIpc) is 3.11. The monoisotopic (exact) mass is 316 g/mol. The molecule has 0 unspecified atom stereocenters. The highest BCUT2D eigenvalue weighted by molar-refractivity contribution is 7.99. The number of thioether (sulfide) groups is 1. The van der Waals surface area contributed by atoms with Crippen LogP contribution in [0.2, 0.25) is 0 Å². The molecule has 7 nitrogen and oxygen atoms in total. The summed E-state index contributed by atoms with van der Waals surface area (Å²) in [6.07, 6.45) is 3.44. The van der Waals surface area contributed by atoms with Crippen LogP contribution in [0.25, 0.3) is 5.69 Å². The van der Waals surface area contributed by atoms with E-state index in [1.54, 1.807) is 41.2 Å². The molecular weight excluding hydrogens is 304 g/mol. The van der Waals surface area contributed by atoms with Gasteiger partial charge in [0.2, 0.25) is 11.5 Å². The number of ketones is 1. The van der Waals surface area contributed by atoms with Crippen LogP contribution >= 0.6 is 11.8 Å². The van der Waals surface area contributed by atoms with Gasteiger partial charge in [0.25, 0.3) is 0 Å². The third kappa shape index (κ3) is 2.73. The highest BCUT2D eigenvalue weighted by Gasteiger charge is 2.27. The average molecular weight is 316 g/mol. The molecule has 0 aliphatic rings. The van der Waals surface area contributed by atoms with E-state index in [1.807, 2.05) is 13.1 Å². The number of imidazole rings is 1. The second kappa shape index (κ2) is 6.02. The fourth-order valence-corrected chi connectivity index (χ4v) is 2.71. The molecule has 0 atom stereocenters. The number of carbonyl (C=O) groups excluding carboxylic acids is 1. The van der Waals surface area contributed by atoms with Gasteiger partial charge in [0, 0.05) is 31.6 Å². The van der Waals surface area contributed by atoms with Crippen molar-refractivity contribution in [1.29, 1.82) is 0 Å². The van der Waals surface area contributed by atoms with Crippen LogP contribution in [-0.4, -0.2) is 26.4 Å². The van der Waals surface area contributed by atoms with Gasteiger partial charge in [0.1, 0.15) is 0 Å². The summed E-state index contributed by atoms with van der Waals surface area (Å²) in [6, 6.07) is 8.90. The lowest BCUT2D eigenvalue weighted by molar-refractivity contribution is -0.672. The second-order valence-electron chi connectivity index (χ2n) is 4.49. The predicted octanol–water partition coefficient (Wildman–Crippen LogP) is 0.733. The Bertz CT molecular complexity index is 798. The van der Waals surface area contributed by atoms with E-state index in [4.69, 9.17) is 0 Å². The number of nitrogens with zero attached hydrogens (tertiary/aromatic N) is 4. The first-order valence-electron chi connectivity index (χ1n) is 6.44. The minimum atomic E-state index is -0.741. The molecule has 1 aromatic carbocycles. The molecule has 2 heterocycles. The van der Waals surface area contributed by atoms with Gasteiger partial charge in [-0.1, -0.05) is 30.0 Å². The number of hydrogen-bond acceptors (Lipinski definition) is 6. The van der Waals surface area contributed by atoms with Gasteiger partial charge in [-0.2, -0.15) is 0 Å². The number of para-hydroxylation sites is 1. The van der Waals surface area contributed by atoms with Crippen molar-refractivity contribution in [1.82, 2.24) is 14.8 Å². The van der Waals surface area contributed by atoms with Crippen LogP contribution in [0.15, 0.2) is 52.4 Å². The number of carbonyl (C=O) groups is 1. The standard InChI is InChI=1S/C14H12N4O3S/c1-17-8-7-15-14(17)22-9-11(19)12-13(20)21-16-18(12)10-5-3-2-4-6-10/h2-8H,9H2,1H3. The molecule has 0 aliphatic carbocycles. The minimum absolute atomic E-state index is 0.0775. The third-order valence-corrected chi connectivity index (χ3v) is 4.04. The van der Waals surface area contributed by atoms with Gasteiger partial charge < -0.3 is 14.2 Å². The first-order chi connectivity index (χ1) is 10.7. The molecule has 3 aromatic rings. The Kier molecular flexibility index (Phi) is 3.92. The van der Waals surface area contributed by atoms with Crippen LogP contribution in [0.4, 0.5) is 0 Å². The van der Waals surface area contributed by atoms with Crippen LogP contribution in [-0.2, 0) is 7.05 Å². The van der Waals surface area contributed by atoms with Crippen molar-refractivity contribution in [2.45, 2.75) is 5.16 Å². The number of Topliss-reactive ketones (excluding diaryl/α,β-unsaturated/α-hetero) is 1. The highest BCUT2D eigenvalue weighted by atomic mass is 32.2. The largest absolute Gasteiger partial charge is 0.539 e. The zero-order chi connectivity index (χ0) is 15.5. The number of aromatic nitrogens is 4. The van der Waals surface area contributed by atoms with Crippen molar-refractivity contribution in [2.24, 2.45) is 7.05 Å². The molecule has 112 valence electrons. The van der Waals surface area contributed by atoms with Crippen molar-refractivity contribution in [3.63, 3.8) is 0 Å². The molecule has 0 spiro atoms. The number of benzene rings is 1. The summed E-state index contributed by atoms with van der Waals surface area (Å²) in [5.41, 5.74) is 0.506. The van der Waals surface area contributed by atoms with Gasteiger partial charge in [-0.05, 0) is 4.68 Å². The molecule has 0 amide bonds. The number of hydrogen-bond donors (Lipinski definition) is 0. The molecule has 0 saturated heterocycles. The van der Waals surface area contributed by atoms with Crippen LogP contribution in [0.1, 0.15) is 10.5 Å². The molecule has 8 heteroatoms. The van der Waals surface area contributed by atoms with Crippen LogP contribution in [0, 0.1) is 0 Å². The van der Waals surface area contributed by atoms with Crippen LogP contribution in [0.3, 0.4) is 0 Å². The van der Waals surface area contributed by atoms with Gasteiger partial charge in [-0.3, -0.25) is 4.79 Å². The Hall–Kier alpha value is -2.61. The lowest BCUT2D eigenvalue weighted by atomic mass is 10.3. The van der Waals surface area contributed by atoms with Gasteiger partial charge in [0.05, 0.1) is 11.0 Å². The quantitative estimate of drug-likeness (QED) is 0.392. The van der Waals surface area contributed by atoms with Gasteiger partial charge in [-0.25, -0.2) is 4.98 Å². The lowest BCUT2D eigenvalue weighted by Crippen LogP contribution is -2.39. The lowest BCUT2D eigenvalue weighted by Gasteiger charge is -2.00. The number of rotatable bonds is 5. The van der Waals surface area contributed by atoms with E-state index in [9.17, 15) is 9.90 Å². The molecule has 0 aliphatic heterocycles. The van der Waals surface area contributed by atoms with Crippen LogP contribution in [0.5, 0.6) is 5.95 Å². The fourth-order valence-electron chi connectivity index (χ4n) is 1.92. The Morgan fingerprint density at radius 3 is 2.86 bits per heavy atom. The zero-order valence-electron chi connectivity index (χ0n) is 11.7. The SMILES string of the molecule is Cn1ccnc1SCC(=O)c1c([O-])on[n+]1-c1ccccc1. The zero-order valence-corrected chi connectivity index (χ0v) is 12.5. The molecular formula is C14H12N4O3S. The molecule has 0 radical (unpaired) electrons. The van der Waals surface area contributed by atoms with Gasteiger partial charge in [0.15, 0.2) is 11.1 Å². The van der Waals surface area contributed by atoms with Crippen molar-refractivity contribution in [2.75, 3.05) is 5.75 Å². The molecule has 0 fully saturated rings. The van der Waals surface area contributed by atoms with E-state index >= 15 is 0 Å². The summed E-state index contributed by atoms with van der Waals surface area (Å²) in [7, 11) is 1.84. The van der Waals surface area contributed by atoms with Crippen molar-refractivity contribution in [3.8, 4) is 11.6 Å². The fraction of sp³-hybridized carbons (Fsp3) is 0.143. The number of aryl methyl sites for hydroxylation is 1. The second-order valence-corrected chi connectivity index (χ2v) is 5.43. The summed E-state index contributed by atoms with van der Waals surface area (Å²) in [4.78, 5) is 16.5. The maximum atomic E-state index is 12.3. The van der Waals surface area contributed by atoms with Crippen molar-refractivity contribution < 1.29 is 19.1 Å². The molecule has 22 heavy (non-hydrogen) atoms. The molecule has 2 aromatic heterocycles. The Balaban J connectivity index is 1.84. The smallest absolute Gasteiger partial charge is 0.307 e. The summed E-state index contributed by atoms with van der Waals surface area (Å²) < 4.78 is 7.66. The Morgan fingerprint density at radius 1 is 1.41 bits per heavy atom. The molecule has 3 rings (SSSR count). The van der Waals surface area contributed by atoms with E-state index < -0.39 is 5.95 Å². The Labute approximate surface area is 130 Å². The van der Waals surface area contributed by atoms with Crippen LogP contribution < -0.4 is 9.79 Å². The summed E-state index contributed by atoms with van der Waals surface area (Å²) in [5, 5.41) is 16.1. The maximum absolute atomic E-state index is 12.3. The topological polar surface area (TPSA) is 87.9 Å². The van der Waals surface area contributed by atoms with Crippen molar-refractivity contribution in [3.05, 3.63) is 48.4 Å². The predicted molar refractivity (Wildman–Crippen MR) is 75.7 cm³/mol. The van der Waals surface area contributed by atoms with Gasteiger partial charge >= 0.3 is 5.69 Å². The highest BCUT2D eigenvalue weighted by Crippen LogP contribution is 2.18. The van der Waals surface area contributed by atoms with E-state index in [-0.39, 0.29) is 17.2 Å². The maximum Gasteiger partial charge on any atom is 0.307 e. The molecule has 0 saturated carbocycles. The summed E-state index contributed by atoms with van der Waals surface area (Å²) in [6.45, 7) is 0. The first-order valence-corrected chi connectivity index (χ1v) is 7.43. The summed E-state index contributed by atoms with van der Waals surface area (Å²) >= 11 is 1.25. The van der Waals surface area contributed by atoms with E-state index in [1.165, 1.54) is 16.4 Å². The normalized spacial score (nSPS) is 10.8. The summed E-state index contributed by atoms with van der Waals surface area (Å²) in [5.74, 6) is -1.02. The van der Waals surface area contributed by atoms with E-state index in [0.717, 1.165) is 0 Å². The van der Waals surface area contributed by atoms with E-state index in [0.29, 0.717) is 10.8 Å². The third-order valence-electron chi connectivity index (χ3n) is 2.98. The molecule has 0 bridgehead atoms. The first kappa shape index (κ1) is 14.3. The molecule has 0 N–H and O–H groups in total.